The minimum atomic E-state index is -0.230. The van der Waals surface area contributed by atoms with Crippen molar-refractivity contribution in [3.63, 3.8) is 0 Å². The van der Waals surface area contributed by atoms with Crippen molar-refractivity contribution >= 4 is 11.4 Å². The first-order valence-electron chi connectivity index (χ1n) is 5.67. The zero-order valence-corrected chi connectivity index (χ0v) is 9.42. The maximum Gasteiger partial charge on any atom is 0.155 e. The second kappa shape index (κ2) is 4.60. The van der Waals surface area contributed by atoms with Gasteiger partial charge >= 0.3 is 0 Å². The molecule has 0 saturated heterocycles. The van der Waals surface area contributed by atoms with Crippen LogP contribution in [0.2, 0.25) is 0 Å². The number of halogens is 1. The second-order valence-electron chi connectivity index (χ2n) is 4.33. The first-order valence-corrected chi connectivity index (χ1v) is 5.67. The van der Waals surface area contributed by atoms with Crippen LogP contribution in [0, 0.1) is 12.7 Å². The molecule has 0 aromatic heterocycles. The second-order valence-corrected chi connectivity index (χ2v) is 4.33. The van der Waals surface area contributed by atoms with Crippen molar-refractivity contribution in [3.8, 4) is 0 Å². The highest BCUT2D eigenvalue weighted by Crippen LogP contribution is 2.27. The zero-order valence-electron chi connectivity index (χ0n) is 9.42. The Kier molecular flexibility index (Phi) is 3.18. The maximum absolute atomic E-state index is 13.7. The monoisotopic (exact) mass is 218 g/mol. The summed E-state index contributed by atoms with van der Waals surface area (Å²) in [7, 11) is 0. The van der Waals surface area contributed by atoms with Crippen LogP contribution in [0.15, 0.2) is 24.3 Å². The Labute approximate surface area is 95.0 Å². The van der Waals surface area contributed by atoms with Crippen LogP contribution in [-0.4, -0.2) is 5.78 Å². The van der Waals surface area contributed by atoms with E-state index in [1.165, 1.54) is 6.07 Å². The van der Waals surface area contributed by atoms with Crippen LogP contribution >= 0.6 is 0 Å². The fraction of sp³-hybridized carbons (Fsp3) is 0.357. The molecule has 1 aromatic rings. The lowest BCUT2D eigenvalue weighted by molar-refractivity contribution is -0.114. The molecule has 2 heteroatoms. The number of ketones is 1. The summed E-state index contributed by atoms with van der Waals surface area (Å²) in [4.78, 5) is 11.5. The summed E-state index contributed by atoms with van der Waals surface area (Å²) in [6, 6.07) is 5.04. The number of hydrogen-bond acceptors (Lipinski definition) is 1. The molecule has 0 bridgehead atoms. The van der Waals surface area contributed by atoms with Gasteiger partial charge in [-0.15, -0.1) is 0 Å². The van der Waals surface area contributed by atoms with Crippen LogP contribution in [0.4, 0.5) is 4.39 Å². The molecule has 1 aromatic carbocycles. The van der Waals surface area contributed by atoms with Gasteiger partial charge in [-0.3, -0.25) is 4.79 Å². The van der Waals surface area contributed by atoms with Crippen molar-refractivity contribution in [1.29, 1.82) is 0 Å². The quantitative estimate of drug-likeness (QED) is 0.703. The molecule has 0 spiro atoms. The molecule has 0 radical (unpaired) electrons. The van der Waals surface area contributed by atoms with E-state index in [0.717, 1.165) is 30.4 Å². The van der Waals surface area contributed by atoms with Crippen LogP contribution in [0.3, 0.4) is 0 Å². The summed E-state index contributed by atoms with van der Waals surface area (Å²) >= 11 is 0. The predicted octanol–water partition coefficient (Wildman–Crippen LogP) is 3.66. The first kappa shape index (κ1) is 11.1. The molecule has 0 saturated carbocycles. The molecule has 0 atom stereocenters. The highest BCUT2D eigenvalue weighted by molar-refractivity contribution is 5.97. The minimum Gasteiger partial charge on any atom is -0.295 e. The maximum atomic E-state index is 13.7. The van der Waals surface area contributed by atoms with Gasteiger partial charge in [0.15, 0.2) is 5.78 Å². The lowest BCUT2D eigenvalue weighted by Crippen LogP contribution is -1.93. The van der Waals surface area contributed by atoms with E-state index in [1.54, 1.807) is 12.1 Å². The van der Waals surface area contributed by atoms with E-state index in [9.17, 15) is 9.18 Å². The van der Waals surface area contributed by atoms with Gasteiger partial charge in [-0.1, -0.05) is 11.6 Å². The molecule has 0 unspecified atom stereocenters. The molecule has 0 aliphatic heterocycles. The van der Waals surface area contributed by atoms with Crippen LogP contribution < -0.4 is 0 Å². The molecule has 1 aliphatic rings. The van der Waals surface area contributed by atoms with Crippen LogP contribution in [0.1, 0.15) is 36.8 Å². The number of carbonyl (C=O) groups excluding carboxylic acids is 1. The molecular weight excluding hydrogens is 203 g/mol. The number of allylic oxidation sites excluding steroid dienone is 2. The average Bonchev–Trinajstić information content (AvgIpc) is 2.46. The lowest BCUT2D eigenvalue weighted by Gasteiger charge is -2.07. The van der Waals surface area contributed by atoms with Gasteiger partial charge in [0.2, 0.25) is 0 Å². The zero-order chi connectivity index (χ0) is 11.5. The third kappa shape index (κ3) is 2.38. The number of benzene rings is 1. The van der Waals surface area contributed by atoms with E-state index in [2.05, 4.69) is 0 Å². The minimum absolute atomic E-state index is 0.119. The van der Waals surface area contributed by atoms with Crippen molar-refractivity contribution in [2.24, 2.45) is 0 Å². The Morgan fingerprint density at radius 3 is 2.75 bits per heavy atom. The van der Waals surface area contributed by atoms with Gasteiger partial charge in [-0.25, -0.2) is 4.39 Å². The van der Waals surface area contributed by atoms with Gasteiger partial charge in [0.1, 0.15) is 5.82 Å². The summed E-state index contributed by atoms with van der Waals surface area (Å²) in [5, 5.41) is 0. The van der Waals surface area contributed by atoms with E-state index in [0.29, 0.717) is 12.0 Å². The van der Waals surface area contributed by atoms with Gasteiger partial charge in [-0.05, 0) is 50.0 Å². The SMILES string of the molecule is Cc1ccc(F)c(C2=CC(=O)CCCC2)c1. The summed E-state index contributed by atoms with van der Waals surface area (Å²) < 4.78 is 13.7. The van der Waals surface area contributed by atoms with Crippen LogP contribution in [0.5, 0.6) is 0 Å². The topological polar surface area (TPSA) is 17.1 Å². The van der Waals surface area contributed by atoms with Crippen molar-refractivity contribution in [1.82, 2.24) is 0 Å². The number of aryl methyl sites for hydroxylation is 1. The van der Waals surface area contributed by atoms with Gasteiger partial charge < -0.3 is 0 Å². The summed E-state index contributed by atoms with van der Waals surface area (Å²) in [5.74, 6) is -0.111. The molecule has 0 heterocycles. The molecule has 1 aliphatic carbocycles. The summed E-state index contributed by atoms with van der Waals surface area (Å²) in [5.41, 5.74) is 2.47. The smallest absolute Gasteiger partial charge is 0.155 e. The Morgan fingerprint density at radius 1 is 1.19 bits per heavy atom. The number of hydrogen-bond donors (Lipinski definition) is 0. The molecule has 0 fully saturated rings. The highest BCUT2D eigenvalue weighted by Gasteiger charge is 2.13. The summed E-state index contributed by atoms with van der Waals surface area (Å²) in [6.45, 7) is 1.93. The third-order valence-corrected chi connectivity index (χ3v) is 2.92. The predicted molar refractivity (Wildman–Crippen MR) is 62.6 cm³/mol. The van der Waals surface area contributed by atoms with Gasteiger partial charge in [0.25, 0.3) is 0 Å². The Morgan fingerprint density at radius 2 is 1.94 bits per heavy atom. The molecule has 0 amide bonds. The molecule has 84 valence electrons. The highest BCUT2D eigenvalue weighted by atomic mass is 19.1. The standard InChI is InChI=1S/C14H15FO/c1-10-6-7-14(15)13(8-10)11-4-2-3-5-12(16)9-11/h6-9H,2-5H2,1H3. The van der Waals surface area contributed by atoms with Crippen molar-refractivity contribution < 1.29 is 9.18 Å². The van der Waals surface area contributed by atoms with E-state index in [-0.39, 0.29) is 11.6 Å². The van der Waals surface area contributed by atoms with Crippen molar-refractivity contribution in [2.45, 2.75) is 32.6 Å². The number of carbonyl (C=O) groups is 1. The molecular formula is C14H15FO. The fourth-order valence-electron chi connectivity index (χ4n) is 2.05. The van der Waals surface area contributed by atoms with E-state index in [1.807, 2.05) is 13.0 Å². The van der Waals surface area contributed by atoms with Crippen molar-refractivity contribution in [2.75, 3.05) is 0 Å². The van der Waals surface area contributed by atoms with Crippen LogP contribution in [0.25, 0.3) is 5.57 Å². The average molecular weight is 218 g/mol. The van der Waals surface area contributed by atoms with Crippen LogP contribution in [-0.2, 0) is 4.79 Å². The Hall–Kier alpha value is -1.44. The van der Waals surface area contributed by atoms with Gasteiger partial charge in [-0.2, -0.15) is 0 Å². The first-order chi connectivity index (χ1) is 7.66. The molecule has 1 nitrogen and oxygen atoms in total. The van der Waals surface area contributed by atoms with Gasteiger partial charge in [0.05, 0.1) is 0 Å². The normalized spacial score (nSPS) is 16.9. The molecule has 2 rings (SSSR count). The Bertz CT molecular complexity index is 446. The number of rotatable bonds is 1. The summed E-state index contributed by atoms with van der Waals surface area (Å²) in [6.07, 6.45) is 4.88. The van der Waals surface area contributed by atoms with E-state index < -0.39 is 0 Å². The fourth-order valence-corrected chi connectivity index (χ4v) is 2.05. The molecule has 0 N–H and O–H groups in total. The van der Waals surface area contributed by atoms with Gasteiger partial charge in [0, 0.05) is 12.0 Å². The Balaban J connectivity index is 2.42. The van der Waals surface area contributed by atoms with Crippen molar-refractivity contribution in [3.05, 3.63) is 41.2 Å². The largest absolute Gasteiger partial charge is 0.295 e. The van der Waals surface area contributed by atoms with E-state index >= 15 is 0 Å². The lowest BCUT2D eigenvalue weighted by atomic mass is 9.99. The van der Waals surface area contributed by atoms with E-state index in [4.69, 9.17) is 0 Å². The third-order valence-electron chi connectivity index (χ3n) is 2.92. The molecule has 16 heavy (non-hydrogen) atoms.